The molecular formula is C19H18FN7O2. The summed E-state index contributed by atoms with van der Waals surface area (Å²) in [5, 5.41) is 16.5. The molecule has 148 valence electrons. The fourth-order valence-electron chi connectivity index (χ4n) is 3.34. The van der Waals surface area contributed by atoms with Crippen LogP contribution < -0.4 is 20.7 Å². The Labute approximate surface area is 165 Å². The molecule has 2 aromatic heterocycles. The number of nitrogens with two attached hydrogens (primary N) is 1. The standard InChI is InChI=1S/C19H18FN7O2/c1-3-26-14-6-7-27-18(24-14)15(17(22)25-27)19(28)23-9-10(2)29-13-5-4-12(20)11(8-21)16(13)26/h4-7,10H,3,9H2,1-2H3,(H2,22,25)(H,23,28). The number of nitrogen functional groups attached to an aromatic ring is 1. The number of halogens is 1. The molecule has 1 aliphatic heterocycles. The van der Waals surface area contributed by atoms with Crippen LogP contribution >= 0.6 is 0 Å². The zero-order valence-electron chi connectivity index (χ0n) is 15.8. The van der Waals surface area contributed by atoms with Crippen LogP contribution in [0.2, 0.25) is 0 Å². The van der Waals surface area contributed by atoms with Gasteiger partial charge < -0.3 is 20.7 Å². The molecule has 1 unspecified atom stereocenters. The van der Waals surface area contributed by atoms with Crippen LogP contribution in [-0.2, 0) is 0 Å². The third-order valence-corrected chi connectivity index (χ3v) is 4.67. The average molecular weight is 395 g/mol. The smallest absolute Gasteiger partial charge is 0.259 e. The molecule has 3 aromatic rings. The summed E-state index contributed by atoms with van der Waals surface area (Å²) in [5.41, 5.74) is 6.48. The van der Waals surface area contributed by atoms with Crippen LogP contribution in [0, 0.1) is 17.1 Å². The predicted octanol–water partition coefficient (Wildman–Crippen LogP) is 1.99. The Morgan fingerprint density at radius 1 is 1.45 bits per heavy atom. The molecule has 0 fully saturated rings. The Morgan fingerprint density at radius 2 is 2.24 bits per heavy atom. The fourth-order valence-corrected chi connectivity index (χ4v) is 3.34. The van der Waals surface area contributed by atoms with E-state index < -0.39 is 17.8 Å². The number of nitrogens with zero attached hydrogens (tertiary/aromatic N) is 5. The van der Waals surface area contributed by atoms with Crippen molar-refractivity contribution in [3.63, 3.8) is 0 Å². The number of carbonyl (C=O) groups is 1. The molecule has 3 heterocycles. The van der Waals surface area contributed by atoms with Crippen molar-refractivity contribution in [3.05, 3.63) is 41.3 Å². The number of anilines is 3. The third kappa shape index (κ3) is 2.97. The van der Waals surface area contributed by atoms with E-state index in [1.165, 1.54) is 16.6 Å². The maximum Gasteiger partial charge on any atom is 0.259 e. The molecule has 0 radical (unpaired) electrons. The highest BCUT2D eigenvalue weighted by atomic mass is 19.1. The van der Waals surface area contributed by atoms with Gasteiger partial charge >= 0.3 is 0 Å². The predicted molar refractivity (Wildman–Crippen MR) is 104 cm³/mol. The summed E-state index contributed by atoms with van der Waals surface area (Å²) >= 11 is 0. The van der Waals surface area contributed by atoms with Crippen molar-refractivity contribution in [2.45, 2.75) is 20.0 Å². The van der Waals surface area contributed by atoms with Crippen molar-refractivity contribution >= 4 is 28.9 Å². The van der Waals surface area contributed by atoms with Crippen LogP contribution in [-0.4, -0.2) is 39.7 Å². The van der Waals surface area contributed by atoms with Crippen molar-refractivity contribution < 1.29 is 13.9 Å². The molecule has 0 spiro atoms. The van der Waals surface area contributed by atoms with Crippen LogP contribution in [0.3, 0.4) is 0 Å². The molecule has 2 bridgehead atoms. The number of amides is 1. The van der Waals surface area contributed by atoms with Gasteiger partial charge in [0.25, 0.3) is 5.91 Å². The van der Waals surface area contributed by atoms with E-state index in [1.54, 1.807) is 24.1 Å². The summed E-state index contributed by atoms with van der Waals surface area (Å²) in [6, 6.07) is 6.23. The molecule has 10 heteroatoms. The molecule has 0 saturated carbocycles. The Morgan fingerprint density at radius 3 is 2.97 bits per heavy atom. The SMILES string of the molecule is CCN1c2ccn3nc(N)c(c3n2)C(=O)NCC(C)Oc2ccc(F)c(C#N)c21. The van der Waals surface area contributed by atoms with Gasteiger partial charge in [0, 0.05) is 12.7 Å². The minimum Gasteiger partial charge on any atom is -0.487 e. The van der Waals surface area contributed by atoms with E-state index in [0.29, 0.717) is 18.1 Å². The number of nitriles is 1. The lowest BCUT2D eigenvalue weighted by atomic mass is 10.1. The molecule has 0 aliphatic carbocycles. The van der Waals surface area contributed by atoms with Crippen LogP contribution in [0.1, 0.15) is 29.8 Å². The molecule has 1 aromatic carbocycles. The first-order valence-electron chi connectivity index (χ1n) is 9.04. The van der Waals surface area contributed by atoms with E-state index in [-0.39, 0.29) is 34.8 Å². The number of aromatic nitrogens is 3. The maximum absolute atomic E-state index is 14.4. The van der Waals surface area contributed by atoms with Gasteiger partial charge in [0.1, 0.15) is 46.4 Å². The number of rotatable bonds is 1. The summed E-state index contributed by atoms with van der Waals surface area (Å²) in [5.74, 6) is -0.309. The van der Waals surface area contributed by atoms with Gasteiger partial charge in [-0.3, -0.25) is 4.79 Å². The second-order valence-electron chi connectivity index (χ2n) is 6.58. The number of hydrogen-bond donors (Lipinski definition) is 2. The lowest BCUT2D eigenvalue weighted by Crippen LogP contribution is -2.34. The van der Waals surface area contributed by atoms with Crippen molar-refractivity contribution in [1.29, 1.82) is 5.26 Å². The molecule has 1 atom stereocenters. The van der Waals surface area contributed by atoms with E-state index in [9.17, 15) is 14.4 Å². The monoisotopic (exact) mass is 395 g/mol. The summed E-state index contributed by atoms with van der Waals surface area (Å²) in [4.78, 5) is 18.9. The van der Waals surface area contributed by atoms with Gasteiger partial charge in [0.15, 0.2) is 11.5 Å². The normalized spacial score (nSPS) is 16.4. The van der Waals surface area contributed by atoms with E-state index in [2.05, 4.69) is 15.4 Å². The van der Waals surface area contributed by atoms with Crippen molar-refractivity contribution in [2.24, 2.45) is 0 Å². The molecule has 1 aliphatic rings. The number of nitrogens with one attached hydrogen (secondary N) is 1. The van der Waals surface area contributed by atoms with Gasteiger partial charge in [-0.1, -0.05) is 0 Å². The first kappa shape index (κ1) is 18.5. The summed E-state index contributed by atoms with van der Waals surface area (Å²) in [6.45, 7) is 4.14. The Hall–Kier alpha value is -3.87. The summed E-state index contributed by atoms with van der Waals surface area (Å²) in [6.07, 6.45) is 1.15. The van der Waals surface area contributed by atoms with Crippen LogP contribution in [0.15, 0.2) is 24.4 Å². The van der Waals surface area contributed by atoms with Crippen molar-refractivity contribution in [2.75, 3.05) is 23.7 Å². The number of carbonyl (C=O) groups excluding carboxylic acids is 1. The third-order valence-electron chi connectivity index (χ3n) is 4.67. The Balaban J connectivity index is 2.04. The minimum atomic E-state index is -0.656. The van der Waals surface area contributed by atoms with Crippen molar-refractivity contribution in [1.82, 2.24) is 19.9 Å². The highest BCUT2D eigenvalue weighted by molar-refractivity contribution is 6.04. The van der Waals surface area contributed by atoms with E-state index in [0.717, 1.165) is 0 Å². The summed E-state index contributed by atoms with van der Waals surface area (Å²) in [7, 11) is 0. The topological polar surface area (TPSA) is 122 Å². The van der Waals surface area contributed by atoms with Gasteiger partial charge in [-0.15, -0.1) is 5.10 Å². The highest BCUT2D eigenvalue weighted by Crippen LogP contribution is 2.38. The van der Waals surface area contributed by atoms with E-state index in [4.69, 9.17) is 10.5 Å². The van der Waals surface area contributed by atoms with Crippen molar-refractivity contribution in [3.8, 4) is 11.8 Å². The van der Waals surface area contributed by atoms with Gasteiger partial charge in [-0.05, 0) is 32.0 Å². The number of ether oxygens (including phenoxy) is 1. The molecule has 9 nitrogen and oxygen atoms in total. The number of hydrogen-bond acceptors (Lipinski definition) is 7. The molecule has 0 saturated heterocycles. The molecule has 29 heavy (non-hydrogen) atoms. The Kier molecular flexibility index (Phi) is 4.43. The van der Waals surface area contributed by atoms with E-state index in [1.807, 2.05) is 13.0 Å². The maximum atomic E-state index is 14.4. The zero-order valence-corrected chi connectivity index (χ0v) is 15.8. The lowest BCUT2D eigenvalue weighted by molar-refractivity contribution is 0.0934. The lowest BCUT2D eigenvalue weighted by Gasteiger charge is -2.27. The molecular weight excluding hydrogens is 377 g/mol. The number of benzene rings is 1. The van der Waals surface area contributed by atoms with Gasteiger partial charge in [-0.2, -0.15) is 5.26 Å². The quantitative estimate of drug-likeness (QED) is 0.646. The zero-order chi connectivity index (χ0) is 20.7. The van der Waals surface area contributed by atoms with Crippen LogP contribution in [0.5, 0.6) is 5.75 Å². The highest BCUT2D eigenvalue weighted by Gasteiger charge is 2.26. The first-order chi connectivity index (χ1) is 13.9. The first-order valence-corrected chi connectivity index (χ1v) is 9.04. The number of fused-ring (bicyclic) bond motifs is 2. The summed E-state index contributed by atoms with van der Waals surface area (Å²) < 4.78 is 21.8. The second-order valence-corrected chi connectivity index (χ2v) is 6.58. The Bertz CT molecular complexity index is 1170. The average Bonchev–Trinajstić information content (AvgIpc) is 3.03. The van der Waals surface area contributed by atoms with E-state index >= 15 is 0 Å². The largest absolute Gasteiger partial charge is 0.487 e. The minimum absolute atomic E-state index is 0.0463. The molecule has 3 N–H and O–H groups in total. The van der Waals surface area contributed by atoms with Crippen LogP contribution in [0.25, 0.3) is 5.65 Å². The fraction of sp³-hybridized carbons (Fsp3) is 0.263. The van der Waals surface area contributed by atoms with Gasteiger partial charge in [-0.25, -0.2) is 13.9 Å². The van der Waals surface area contributed by atoms with Gasteiger partial charge in [0.2, 0.25) is 0 Å². The molecule has 1 amide bonds. The van der Waals surface area contributed by atoms with Crippen LogP contribution in [0.4, 0.5) is 21.7 Å². The second kappa shape index (κ2) is 6.94. The van der Waals surface area contributed by atoms with Gasteiger partial charge in [0.05, 0.1) is 6.54 Å². The molecule has 4 rings (SSSR count).